The molecule has 3 aliphatic carbocycles. The number of hydrogen-bond donors (Lipinski definition) is 3. The number of ether oxygens (including phenoxy) is 3. The highest BCUT2D eigenvalue weighted by molar-refractivity contribution is 7.91. The van der Waals surface area contributed by atoms with E-state index in [1.165, 1.54) is 4.90 Å². The number of nitrogens with one attached hydrogen (secondary N) is 3. The molecule has 6 aliphatic rings. The molecule has 2 aromatic rings. The first-order chi connectivity index (χ1) is 30.4. The van der Waals surface area contributed by atoms with Crippen molar-refractivity contribution in [2.24, 2.45) is 17.3 Å². The Kier molecular flexibility index (Phi) is 12.7. The van der Waals surface area contributed by atoms with Gasteiger partial charge in [-0.2, -0.15) is 0 Å². The molecule has 7 unspecified atom stereocenters. The van der Waals surface area contributed by atoms with Gasteiger partial charge in [-0.15, -0.1) is 6.58 Å². The number of carbonyl (C=O) groups is 5. The summed E-state index contributed by atoms with van der Waals surface area (Å²) in [6, 6.07) is 5.38. The summed E-state index contributed by atoms with van der Waals surface area (Å²) in [7, 11) is -4.04. The van der Waals surface area contributed by atoms with Gasteiger partial charge in [0.25, 0.3) is 5.91 Å². The van der Waals surface area contributed by atoms with Crippen LogP contribution in [0.25, 0.3) is 10.9 Å². The topological polar surface area (TPSA) is 203 Å². The zero-order valence-electron chi connectivity index (χ0n) is 37.6. The Morgan fingerprint density at radius 3 is 2.50 bits per heavy atom. The summed E-state index contributed by atoms with van der Waals surface area (Å²) in [4.78, 5) is 77.8. The number of rotatable bonds is 11. The number of alkyl carbamates (subject to hydrolysis) is 1. The summed E-state index contributed by atoms with van der Waals surface area (Å²) in [6.07, 6.45) is 8.23. The number of sulfonamides is 1. The molecule has 348 valence electrons. The Balaban J connectivity index is 1.13. The maximum Gasteiger partial charge on any atom is 0.408 e. The zero-order chi connectivity index (χ0) is 45.6. The standard InChI is InChI=1S/C47H64N6O10S/c1-6-30-19-20-47(30,43(57)51-64(59,60)46(5)21-22-46)50-40(55)35-27-31-28-53(35)42(56)39(45(2,3)4)49-44(58)63-36-26-29(36)14-8-7-9-16-33-38(61-25-13-24-52-23-12-18-37(52)54)32-15-10-11-17-34(32)48-41(33)62-31/h6,10-11,15,17,29-31,35-36,39H,1,7-9,12-14,16,18-28H2,2-5H3,(H,49,58)(H,50,55)(H,51,57). The van der Waals surface area contributed by atoms with Gasteiger partial charge in [-0.25, -0.2) is 18.2 Å². The van der Waals surface area contributed by atoms with Crippen molar-refractivity contribution >= 4 is 50.6 Å². The monoisotopic (exact) mass is 904 g/mol. The summed E-state index contributed by atoms with van der Waals surface area (Å²) in [5.74, 6) is -1.24. The van der Waals surface area contributed by atoms with Gasteiger partial charge in [-0.1, -0.05) is 51.8 Å². The number of likely N-dealkylation sites (tertiary alicyclic amines) is 1. The molecule has 16 nitrogen and oxygen atoms in total. The minimum absolute atomic E-state index is 0.00343. The van der Waals surface area contributed by atoms with E-state index in [0.717, 1.165) is 56.0 Å². The molecule has 0 radical (unpaired) electrons. The van der Waals surface area contributed by atoms with E-state index in [2.05, 4.69) is 21.9 Å². The van der Waals surface area contributed by atoms with Gasteiger partial charge in [-0.3, -0.25) is 23.9 Å². The van der Waals surface area contributed by atoms with Crippen LogP contribution in [0.15, 0.2) is 36.9 Å². The minimum Gasteiger partial charge on any atom is -0.492 e. The summed E-state index contributed by atoms with van der Waals surface area (Å²) in [5, 5.41) is 6.57. The molecule has 1 aromatic heterocycles. The molecule has 5 fully saturated rings. The SMILES string of the molecule is C=CC1CCC1(NC(=O)C1CC2CN1C(=O)C(C(C)(C)C)NC(=O)OC1CC1CCCCCc1c(nc3ccccc3c1OCCCN1CCCC1=O)O2)C(=O)NS(=O)(=O)C1(C)CC1. The third kappa shape index (κ3) is 9.28. The predicted octanol–water partition coefficient (Wildman–Crippen LogP) is 5.07. The van der Waals surface area contributed by atoms with E-state index in [0.29, 0.717) is 68.8 Å². The van der Waals surface area contributed by atoms with Crippen molar-refractivity contribution in [1.82, 2.24) is 30.1 Å². The molecule has 5 amide bonds. The smallest absolute Gasteiger partial charge is 0.408 e. The van der Waals surface area contributed by atoms with Gasteiger partial charge in [0, 0.05) is 37.2 Å². The quantitative estimate of drug-likeness (QED) is 0.201. The molecule has 8 rings (SSSR count). The Hall–Kier alpha value is -4.93. The van der Waals surface area contributed by atoms with Crippen LogP contribution in [0.4, 0.5) is 4.79 Å². The van der Waals surface area contributed by atoms with Gasteiger partial charge in [-0.05, 0) is 94.6 Å². The molecule has 4 heterocycles. The predicted molar refractivity (Wildman–Crippen MR) is 238 cm³/mol. The second kappa shape index (κ2) is 17.8. The number of carbonyl (C=O) groups excluding carboxylic acids is 5. The Labute approximate surface area is 376 Å². The fourth-order valence-electron chi connectivity index (χ4n) is 9.74. The zero-order valence-corrected chi connectivity index (χ0v) is 38.4. The molecule has 3 aliphatic heterocycles. The van der Waals surface area contributed by atoms with Crippen LogP contribution >= 0.6 is 0 Å². The molecular formula is C47H64N6O10S. The van der Waals surface area contributed by atoms with E-state index in [4.69, 9.17) is 19.2 Å². The summed E-state index contributed by atoms with van der Waals surface area (Å²) in [6.45, 7) is 12.6. The number of para-hydroxylation sites is 1. The van der Waals surface area contributed by atoms with E-state index in [1.54, 1.807) is 13.0 Å². The van der Waals surface area contributed by atoms with Gasteiger partial charge in [0.05, 0.1) is 29.0 Å². The molecule has 0 spiro atoms. The molecule has 2 bridgehead atoms. The maximum atomic E-state index is 14.9. The summed E-state index contributed by atoms with van der Waals surface area (Å²) >= 11 is 0. The molecule has 64 heavy (non-hydrogen) atoms. The van der Waals surface area contributed by atoms with Crippen LogP contribution in [-0.4, -0.2) is 114 Å². The average Bonchev–Trinajstić information content (AvgIpc) is 4.07. The number of amides is 5. The number of pyridine rings is 1. The first kappa shape index (κ1) is 45.6. The van der Waals surface area contributed by atoms with Crippen molar-refractivity contribution < 1.29 is 46.6 Å². The lowest BCUT2D eigenvalue weighted by atomic mass is 9.66. The lowest BCUT2D eigenvalue weighted by Gasteiger charge is -2.47. The molecule has 7 atom stereocenters. The van der Waals surface area contributed by atoms with Gasteiger partial charge in [0.1, 0.15) is 35.6 Å². The Morgan fingerprint density at radius 2 is 1.81 bits per heavy atom. The van der Waals surface area contributed by atoms with Crippen LogP contribution in [0.5, 0.6) is 11.6 Å². The van der Waals surface area contributed by atoms with Crippen molar-refractivity contribution in [1.29, 1.82) is 0 Å². The molecule has 3 N–H and O–H groups in total. The largest absolute Gasteiger partial charge is 0.492 e. The number of fused-ring (bicyclic) bond motifs is 5. The van der Waals surface area contributed by atoms with Crippen LogP contribution in [0.2, 0.25) is 0 Å². The highest BCUT2D eigenvalue weighted by Crippen LogP contribution is 2.45. The highest BCUT2D eigenvalue weighted by atomic mass is 32.2. The van der Waals surface area contributed by atoms with Crippen molar-refractivity contribution in [3.63, 3.8) is 0 Å². The van der Waals surface area contributed by atoms with E-state index in [1.807, 2.05) is 49.9 Å². The third-order valence-electron chi connectivity index (χ3n) is 14.4. The number of aromatic nitrogens is 1. The fourth-order valence-corrected chi connectivity index (χ4v) is 11.1. The van der Waals surface area contributed by atoms with Crippen molar-refractivity contribution in [3.05, 3.63) is 42.5 Å². The molecule has 17 heteroatoms. The van der Waals surface area contributed by atoms with Gasteiger partial charge in [0.15, 0.2) is 0 Å². The van der Waals surface area contributed by atoms with Crippen molar-refractivity contribution in [3.8, 4) is 11.6 Å². The summed E-state index contributed by atoms with van der Waals surface area (Å²) in [5.41, 5.74) is -1.02. The van der Waals surface area contributed by atoms with Crippen LogP contribution in [0.3, 0.4) is 0 Å². The number of benzene rings is 1. The highest BCUT2D eigenvalue weighted by Gasteiger charge is 2.58. The van der Waals surface area contributed by atoms with Crippen LogP contribution in [0, 0.1) is 17.3 Å². The Morgan fingerprint density at radius 1 is 1.03 bits per heavy atom. The fraction of sp³-hybridized carbons (Fsp3) is 0.660. The van der Waals surface area contributed by atoms with E-state index in [9.17, 15) is 32.4 Å². The second-order valence-corrected chi connectivity index (χ2v) is 22.3. The van der Waals surface area contributed by atoms with Crippen LogP contribution < -0.4 is 24.8 Å². The maximum absolute atomic E-state index is 14.9. The molecular weight excluding hydrogens is 841 g/mol. The van der Waals surface area contributed by atoms with Gasteiger partial charge >= 0.3 is 6.09 Å². The third-order valence-corrected chi connectivity index (χ3v) is 16.5. The number of hydrogen-bond acceptors (Lipinski definition) is 11. The normalized spacial score (nSPS) is 29.4. The van der Waals surface area contributed by atoms with Crippen LogP contribution in [-0.2, 0) is 40.4 Å². The lowest BCUT2D eigenvalue weighted by molar-refractivity contribution is -0.145. The van der Waals surface area contributed by atoms with Crippen molar-refractivity contribution in [2.45, 2.75) is 152 Å². The van der Waals surface area contributed by atoms with Crippen LogP contribution in [0.1, 0.15) is 117 Å². The first-order valence-electron chi connectivity index (χ1n) is 23.2. The lowest BCUT2D eigenvalue weighted by Crippen LogP contribution is -2.70. The van der Waals surface area contributed by atoms with E-state index in [-0.39, 0.29) is 37.3 Å². The number of nitrogens with zero attached hydrogens (tertiary/aromatic N) is 3. The van der Waals surface area contributed by atoms with Gasteiger partial charge in [0.2, 0.25) is 33.6 Å². The summed E-state index contributed by atoms with van der Waals surface area (Å²) < 4.78 is 47.1. The van der Waals surface area contributed by atoms with E-state index < -0.39 is 73.6 Å². The Bertz CT molecular complexity index is 2290. The molecule has 3 saturated carbocycles. The molecule has 1 aromatic carbocycles. The second-order valence-electron chi connectivity index (χ2n) is 20.1. The average molecular weight is 905 g/mol. The first-order valence-corrected chi connectivity index (χ1v) is 24.7. The van der Waals surface area contributed by atoms with E-state index >= 15 is 0 Å². The molecule has 2 saturated heterocycles. The van der Waals surface area contributed by atoms with Crippen molar-refractivity contribution in [2.75, 3.05) is 26.2 Å². The minimum atomic E-state index is -4.04. The van der Waals surface area contributed by atoms with Gasteiger partial charge < -0.3 is 34.6 Å².